The number of hydrogen-bond donors (Lipinski definition) is 5. The highest BCUT2D eigenvalue weighted by molar-refractivity contribution is 7.91. The number of azo groups is 1. The SMILES string of the molecule is COC(=O)C1=NN(c2ccc(Nc3cc(S(=O)(=O)O)c(N)c4c3C(=O)c3ccccc3C4=O)c(S(=O)(=O)O)c2)C(=O)C1N=Nc1ccc(S(=O)(=O)CCOS(=O)(=O)O)cc1. The molecule has 0 saturated carbocycles. The molecule has 6 N–H and O–H groups in total. The first-order valence-electron chi connectivity index (χ1n) is 16.3. The van der Waals surface area contributed by atoms with Gasteiger partial charge in [-0.15, -0.1) is 0 Å². The fraction of sp³-hybridized carbons (Fsp3) is 0.121. The molecule has 2 aliphatic rings. The summed E-state index contributed by atoms with van der Waals surface area (Å²) in [6, 6.07) is 11.4. The molecule has 1 atom stereocenters. The summed E-state index contributed by atoms with van der Waals surface area (Å²) >= 11 is 0. The number of rotatable bonds is 13. The lowest BCUT2D eigenvalue weighted by atomic mass is 9.82. The number of hydrogen-bond acceptors (Lipinski definition) is 19. The van der Waals surface area contributed by atoms with Gasteiger partial charge < -0.3 is 15.8 Å². The molecule has 314 valence electrons. The number of anilines is 4. The Labute approximate surface area is 338 Å². The standard InChI is InChI=1S/C33H26N6O17S4/c1-55-33(43)29-28(37-36-16-6-9-18(10-7-16)57(44,45)13-12-56-60(52,53)54)32(42)39(38-29)17-8-11-21(23(14-17)58(46,47)48)35-22-15-24(59(49,50)51)27(34)26-25(22)30(40)19-4-2-3-5-20(19)31(26)41/h2-11,14-15,28,35H,12-13,34H2,1H3,(H,46,47,48)(H,49,50,51)(H,52,53,54). The van der Waals surface area contributed by atoms with Crippen molar-refractivity contribution in [2.75, 3.05) is 35.5 Å². The number of carbonyl (C=O) groups is 4. The maximum atomic E-state index is 13.7. The molecular weight excluding hydrogens is 881 g/mol. The molecule has 23 nitrogen and oxygen atoms in total. The van der Waals surface area contributed by atoms with Gasteiger partial charge >= 0.3 is 16.4 Å². The van der Waals surface area contributed by atoms with Crippen LogP contribution in [0.25, 0.3) is 0 Å². The fourth-order valence-electron chi connectivity index (χ4n) is 5.91. The zero-order chi connectivity index (χ0) is 44.1. The first-order valence-corrected chi connectivity index (χ1v) is 22.2. The predicted octanol–water partition coefficient (Wildman–Crippen LogP) is 1.90. The normalized spacial score (nSPS) is 15.8. The van der Waals surface area contributed by atoms with Crippen molar-refractivity contribution in [2.24, 2.45) is 15.3 Å². The third-order valence-electron chi connectivity index (χ3n) is 8.61. The van der Waals surface area contributed by atoms with Gasteiger partial charge in [0.25, 0.3) is 26.1 Å². The number of methoxy groups -OCH3 is 1. The van der Waals surface area contributed by atoms with Crippen molar-refractivity contribution in [3.8, 4) is 0 Å². The summed E-state index contributed by atoms with van der Waals surface area (Å²) < 4.78 is 134. The number of ketones is 2. The van der Waals surface area contributed by atoms with Gasteiger partial charge in [0.1, 0.15) is 9.79 Å². The molecule has 60 heavy (non-hydrogen) atoms. The molecule has 6 rings (SSSR count). The van der Waals surface area contributed by atoms with E-state index in [-0.39, 0.29) is 21.7 Å². The lowest BCUT2D eigenvalue weighted by Gasteiger charge is -2.24. The molecule has 1 amide bonds. The summed E-state index contributed by atoms with van der Waals surface area (Å²) in [6.07, 6.45) is 0. The zero-order valence-electron chi connectivity index (χ0n) is 30.0. The van der Waals surface area contributed by atoms with E-state index >= 15 is 0 Å². The topological polar surface area (TPSA) is 362 Å². The Morgan fingerprint density at radius 2 is 1.42 bits per heavy atom. The number of carbonyl (C=O) groups excluding carboxylic acids is 4. The summed E-state index contributed by atoms with van der Waals surface area (Å²) in [7, 11) is -18.5. The van der Waals surface area contributed by atoms with Crippen LogP contribution in [0.15, 0.2) is 103 Å². The van der Waals surface area contributed by atoms with Gasteiger partial charge in [-0.25, -0.2) is 17.4 Å². The van der Waals surface area contributed by atoms with Crippen LogP contribution in [0.1, 0.15) is 31.8 Å². The van der Waals surface area contributed by atoms with Crippen molar-refractivity contribution in [3.63, 3.8) is 0 Å². The molecule has 0 radical (unpaired) electrons. The van der Waals surface area contributed by atoms with Gasteiger partial charge in [0.2, 0.25) is 6.04 Å². The van der Waals surface area contributed by atoms with Crippen molar-refractivity contribution in [2.45, 2.75) is 20.7 Å². The van der Waals surface area contributed by atoms with Crippen molar-refractivity contribution in [1.29, 1.82) is 0 Å². The molecule has 4 aromatic rings. The van der Waals surface area contributed by atoms with Crippen molar-refractivity contribution >= 4 is 98.1 Å². The number of benzene rings is 4. The third kappa shape index (κ3) is 8.54. The van der Waals surface area contributed by atoms with E-state index in [0.29, 0.717) is 17.1 Å². The second kappa shape index (κ2) is 15.7. The number of esters is 1. The van der Waals surface area contributed by atoms with Gasteiger partial charge in [0.05, 0.1) is 63.9 Å². The Morgan fingerprint density at radius 3 is 1.98 bits per heavy atom. The minimum atomic E-state index is -5.30. The van der Waals surface area contributed by atoms with Crippen LogP contribution in [0, 0.1) is 0 Å². The zero-order valence-corrected chi connectivity index (χ0v) is 33.2. The van der Waals surface area contributed by atoms with E-state index in [2.05, 4.69) is 24.8 Å². The largest absolute Gasteiger partial charge is 0.464 e. The first-order chi connectivity index (χ1) is 27.9. The molecule has 1 aliphatic heterocycles. The number of fused-ring (bicyclic) bond motifs is 2. The number of nitrogen functional groups attached to an aromatic ring is 1. The fourth-order valence-corrected chi connectivity index (χ4v) is 8.71. The molecular formula is C33H26N6O17S4. The Balaban J connectivity index is 1.34. The van der Waals surface area contributed by atoms with Gasteiger partial charge in [-0.05, 0) is 48.5 Å². The van der Waals surface area contributed by atoms with E-state index < -0.39 is 132 Å². The van der Waals surface area contributed by atoms with E-state index in [0.717, 1.165) is 43.5 Å². The Kier molecular flexibility index (Phi) is 11.3. The summed E-state index contributed by atoms with van der Waals surface area (Å²) in [5.41, 5.74) is 1.59. The van der Waals surface area contributed by atoms with E-state index in [1.807, 2.05) is 0 Å². The molecule has 27 heteroatoms. The van der Waals surface area contributed by atoms with Crippen LogP contribution in [-0.2, 0) is 59.0 Å². The van der Waals surface area contributed by atoms with Crippen LogP contribution >= 0.6 is 0 Å². The number of nitrogens with two attached hydrogens (primary N) is 1. The molecule has 1 heterocycles. The number of hydrazone groups is 1. The molecule has 0 bridgehead atoms. The van der Waals surface area contributed by atoms with Crippen molar-refractivity contribution in [3.05, 3.63) is 95.1 Å². The van der Waals surface area contributed by atoms with Crippen LogP contribution in [0.2, 0.25) is 0 Å². The summed E-state index contributed by atoms with van der Waals surface area (Å²) in [5.74, 6) is -4.88. The minimum Gasteiger partial charge on any atom is -0.464 e. The number of nitrogens with one attached hydrogen (secondary N) is 1. The van der Waals surface area contributed by atoms with E-state index in [4.69, 9.17) is 15.0 Å². The number of sulfone groups is 1. The maximum Gasteiger partial charge on any atom is 0.397 e. The van der Waals surface area contributed by atoms with Crippen LogP contribution in [0.5, 0.6) is 0 Å². The van der Waals surface area contributed by atoms with E-state index in [1.165, 1.54) is 24.3 Å². The third-order valence-corrected chi connectivity index (χ3v) is 12.6. The van der Waals surface area contributed by atoms with Gasteiger partial charge in [-0.1, -0.05) is 24.3 Å². The number of nitrogens with zero attached hydrogens (tertiary/aromatic N) is 4. The van der Waals surface area contributed by atoms with Gasteiger partial charge in [0.15, 0.2) is 27.1 Å². The predicted molar refractivity (Wildman–Crippen MR) is 205 cm³/mol. The molecule has 4 aromatic carbocycles. The Bertz CT molecular complexity index is 3060. The molecule has 1 unspecified atom stereocenters. The lowest BCUT2D eigenvalue weighted by molar-refractivity contribution is -0.133. The Hall–Kier alpha value is -6.33. The maximum absolute atomic E-state index is 13.7. The Morgan fingerprint density at radius 1 is 0.817 bits per heavy atom. The molecule has 0 aromatic heterocycles. The van der Waals surface area contributed by atoms with E-state index in [1.54, 1.807) is 0 Å². The summed E-state index contributed by atoms with van der Waals surface area (Å²) in [5, 5.41) is 14.6. The molecule has 0 spiro atoms. The average molecular weight is 907 g/mol. The van der Waals surface area contributed by atoms with Crippen molar-refractivity contribution in [1.82, 2.24) is 0 Å². The smallest absolute Gasteiger partial charge is 0.397 e. The highest BCUT2D eigenvalue weighted by atomic mass is 32.3. The second-order valence-corrected chi connectivity index (χ2v) is 18.3. The molecule has 0 fully saturated rings. The van der Waals surface area contributed by atoms with Crippen LogP contribution in [0.3, 0.4) is 0 Å². The highest BCUT2D eigenvalue weighted by Crippen LogP contribution is 2.41. The highest BCUT2D eigenvalue weighted by Gasteiger charge is 2.42. The van der Waals surface area contributed by atoms with Gasteiger partial charge in [0, 0.05) is 11.1 Å². The number of amides is 1. The number of ether oxygens (including phenoxy) is 1. The monoisotopic (exact) mass is 906 g/mol. The molecule has 1 aliphatic carbocycles. The van der Waals surface area contributed by atoms with Crippen LogP contribution < -0.4 is 16.1 Å². The average Bonchev–Trinajstić information content (AvgIpc) is 3.50. The summed E-state index contributed by atoms with van der Waals surface area (Å²) in [6.45, 7) is -0.885. The molecule has 0 saturated heterocycles. The first kappa shape index (κ1) is 43.3. The van der Waals surface area contributed by atoms with Gasteiger partial charge in [-0.2, -0.15) is 45.6 Å². The van der Waals surface area contributed by atoms with Crippen LogP contribution in [0.4, 0.5) is 28.4 Å². The van der Waals surface area contributed by atoms with E-state index in [9.17, 15) is 62.0 Å². The van der Waals surface area contributed by atoms with Gasteiger partial charge in [-0.3, -0.25) is 28.0 Å². The second-order valence-electron chi connectivity index (χ2n) is 12.4. The quantitative estimate of drug-likeness (QED) is 0.0487. The lowest BCUT2D eigenvalue weighted by Crippen LogP contribution is -2.33. The van der Waals surface area contributed by atoms with Crippen molar-refractivity contribution < 1.29 is 75.4 Å². The van der Waals surface area contributed by atoms with Crippen LogP contribution in [-0.4, -0.2) is 102 Å². The summed E-state index contributed by atoms with van der Waals surface area (Å²) in [4.78, 5) is 51.3. The minimum absolute atomic E-state index is 0.0617.